The molecule has 1 aliphatic carbocycles. The molecule has 18 heavy (non-hydrogen) atoms. The van der Waals surface area contributed by atoms with Gasteiger partial charge in [-0.2, -0.15) is 0 Å². The lowest BCUT2D eigenvalue weighted by atomic mass is 10.0. The Balaban J connectivity index is 1.79. The molecule has 94 valence electrons. The normalized spacial score (nSPS) is 23.9. The number of rotatable bonds is 3. The number of nitrogens with two attached hydrogens (primary N) is 1. The molecule has 0 saturated heterocycles. The zero-order chi connectivity index (χ0) is 12.7. The van der Waals surface area contributed by atoms with Gasteiger partial charge in [0.05, 0.1) is 11.7 Å². The van der Waals surface area contributed by atoms with Gasteiger partial charge in [-0.15, -0.1) is 5.10 Å². The lowest BCUT2D eigenvalue weighted by Gasteiger charge is -2.11. The number of benzene rings is 1. The molecule has 0 aliphatic heterocycles. The number of aryl methyl sites for hydroxylation is 1. The lowest BCUT2D eigenvalue weighted by molar-refractivity contribution is 0.550. The van der Waals surface area contributed by atoms with Crippen molar-refractivity contribution in [2.45, 2.75) is 18.4 Å². The van der Waals surface area contributed by atoms with Crippen molar-refractivity contribution in [2.75, 3.05) is 0 Å². The van der Waals surface area contributed by atoms with Crippen LogP contribution < -0.4 is 5.73 Å². The van der Waals surface area contributed by atoms with Crippen LogP contribution in [0.15, 0.2) is 34.9 Å². The minimum absolute atomic E-state index is 0.00965. The Bertz CT molecular complexity index is 532. The predicted octanol–water partition coefficient (Wildman–Crippen LogP) is 2.38. The number of aromatic nitrogens is 3. The van der Waals surface area contributed by atoms with Crippen molar-refractivity contribution in [3.63, 3.8) is 0 Å². The van der Waals surface area contributed by atoms with E-state index in [1.54, 1.807) is 4.68 Å². The third kappa shape index (κ3) is 1.97. The van der Waals surface area contributed by atoms with Gasteiger partial charge in [-0.1, -0.05) is 35.5 Å². The largest absolute Gasteiger partial charge is 0.322 e. The van der Waals surface area contributed by atoms with Crippen molar-refractivity contribution in [2.24, 2.45) is 18.7 Å². The molecule has 2 N–H and O–H groups in total. The summed E-state index contributed by atoms with van der Waals surface area (Å²) in [7, 11) is 1.88. The molecule has 1 aromatic heterocycles. The highest BCUT2D eigenvalue weighted by atomic mass is 79.9. The smallest absolute Gasteiger partial charge is 0.153 e. The fourth-order valence-corrected chi connectivity index (χ4v) is 3.18. The number of hydrogen-bond donors (Lipinski definition) is 1. The quantitative estimate of drug-likeness (QED) is 0.947. The Kier molecular flexibility index (Phi) is 2.95. The van der Waals surface area contributed by atoms with Crippen molar-refractivity contribution >= 4 is 15.9 Å². The Morgan fingerprint density at radius 3 is 2.72 bits per heavy atom. The van der Waals surface area contributed by atoms with E-state index in [2.05, 4.69) is 50.5 Å². The van der Waals surface area contributed by atoms with Gasteiger partial charge < -0.3 is 5.73 Å². The first-order valence-corrected chi connectivity index (χ1v) is 6.83. The van der Waals surface area contributed by atoms with Crippen molar-refractivity contribution < 1.29 is 0 Å². The van der Waals surface area contributed by atoms with E-state index < -0.39 is 0 Å². The summed E-state index contributed by atoms with van der Waals surface area (Å²) in [5.41, 5.74) is 8.71. The fraction of sp³-hybridized carbons (Fsp3) is 0.385. The maximum absolute atomic E-state index is 6.34. The van der Waals surface area contributed by atoms with Crippen molar-refractivity contribution in [1.82, 2.24) is 15.0 Å². The van der Waals surface area contributed by atoms with Crippen LogP contribution in [0, 0.1) is 5.92 Å². The van der Waals surface area contributed by atoms with E-state index in [4.69, 9.17) is 5.73 Å². The maximum atomic E-state index is 6.34. The summed E-state index contributed by atoms with van der Waals surface area (Å²) in [4.78, 5) is 0. The number of hydrogen-bond acceptors (Lipinski definition) is 3. The van der Waals surface area contributed by atoms with Crippen LogP contribution in [-0.4, -0.2) is 15.0 Å². The highest BCUT2D eigenvalue weighted by Gasteiger charge is 2.44. The van der Waals surface area contributed by atoms with Crippen LogP contribution in [0.1, 0.15) is 29.6 Å². The van der Waals surface area contributed by atoms with E-state index in [1.807, 2.05) is 13.1 Å². The summed E-state index contributed by atoms with van der Waals surface area (Å²) in [6.45, 7) is 0. The van der Waals surface area contributed by atoms with Crippen molar-refractivity contribution in [3.05, 3.63) is 46.2 Å². The second-order valence-electron chi connectivity index (χ2n) is 4.83. The summed E-state index contributed by atoms with van der Waals surface area (Å²) in [6, 6.07) is 10.5. The minimum atomic E-state index is -0.00965. The number of nitrogens with zero attached hydrogens (tertiary/aromatic N) is 3. The summed E-state index contributed by atoms with van der Waals surface area (Å²) < 4.78 is 2.52. The van der Waals surface area contributed by atoms with Gasteiger partial charge >= 0.3 is 0 Å². The molecule has 3 unspecified atom stereocenters. The maximum Gasteiger partial charge on any atom is 0.153 e. The SMILES string of the molecule is Cn1nnc(Br)c1C(N)C1CC1c1ccccc1. The molecule has 1 fully saturated rings. The van der Waals surface area contributed by atoms with E-state index in [0.29, 0.717) is 11.8 Å². The van der Waals surface area contributed by atoms with Crippen LogP contribution in [0.2, 0.25) is 0 Å². The Morgan fingerprint density at radius 1 is 1.39 bits per heavy atom. The minimum Gasteiger partial charge on any atom is -0.322 e. The van der Waals surface area contributed by atoms with Gasteiger partial charge in [0, 0.05) is 7.05 Å². The molecule has 0 radical (unpaired) electrons. The number of halogens is 1. The van der Waals surface area contributed by atoms with Crippen molar-refractivity contribution in [1.29, 1.82) is 0 Å². The lowest BCUT2D eigenvalue weighted by Crippen LogP contribution is -2.17. The standard InChI is InChI=1S/C13H15BrN4/c1-18-12(13(14)16-17-18)11(15)10-7-9(10)8-5-3-2-4-6-8/h2-6,9-11H,7,15H2,1H3. The Hall–Kier alpha value is -1.20. The van der Waals surface area contributed by atoms with E-state index >= 15 is 0 Å². The van der Waals surface area contributed by atoms with Crippen LogP contribution in [0.25, 0.3) is 0 Å². The second-order valence-corrected chi connectivity index (χ2v) is 5.58. The first-order valence-electron chi connectivity index (χ1n) is 6.04. The average molecular weight is 307 g/mol. The van der Waals surface area contributed by atoms with E-state index in [-0.39, 0.29) is 6.04 Å². The van der Waals surface area contributed by atoms with Crippen LogP contribution in [0.3, 0.4) is 0 Å². The van der Waals surface area contributed by atoms with Crippen LogP contribution >= 0.6 is 15.9 Å². The average Bonchev–Trinajstić information content (AvgIpc) is 3.11. The highest BCUT2D eigenvalue weighted by molar-refractivity contribution is 9.10. The molecule has 0 spiro atoms. The molecular weight excluding hydrogens is 292 g/mol. The Morgan fingerprint density at radius 2 is 2.11 bits per heavy atom. The van der Waals surface area contributed by atoms with E-state index in [9.17, 15) is 0 Å². The first kappa shape index (κ1) is 11.9. The summed E-state index contributed by atoms with van der Waals surface area (Å²) in [5.74, 6) is 1.06. The summed E-state index contributed by atoms with van der Waals surface area (Å²) in [6.07, 6.45) is 1.14. The predicted molar refractivity (Wildman–Crippen MR) is 72.9 cm³/mol. The van der Waals surface area contributed by atoms with E-state index in [0.717, 1.165) is 16.7 Å². The van der Waals surface area contributed by atoms with Gasteiger partial charge in [0.25, 0.3) is 0 Å². The third-order valence-electron chi connectivity index (χ3n) is 3.67. The highest BCUT2D eigenvalue weighted by Crippen LogP contribution is 2.53. The molecule has 1 heterocycles. The molecular formula is C13H15BrN4. The van der Waals surface area contributed by atoms with Gasteiger partial charge in [0.2, 0.25) is 0 Å². The summed E-state index contributed by atoms with van der Waals surface area (Å²) in [5, 5.41) is 7.98. The zero-order valence-corrected chi connectivity index (χ0v) is 11.7. The molecule has 1 aliphatic rings. The molecule has 3 rings (SSSR count). The molecule has 3 atom stereocenters. The van der Waals surface area contributed by atoms with Gasteiger partial charge in [-0.3, -0.25) is 0 Å². The summed E-state index contributed by atoms with van der Waals surface area (Å²) >= 11 is 3.42. The molecule has 1 aromatic carbocycles. The molecule has 5 heteroatoms. The Labute approximate surface area is 114 Å². The molecule has 0 bridgehead atoms. The first-order chi connectivity index (χ1) is 8.68. The van der Waals surface area contributed by atoms with E-state index in [1.165, 1.54) is 5.56 Å². The molecule has 0 amide bonds. The van der Waals surface area contributed by atoms with Crippen molar-refractivity contribution in [3.8, 4) is 0 Å². The third-order valence-corrected chi connectivity index (χ3v) is 4.24. The molecule has 1 saturated carbocycles. The molecule has 4 nitrogen and oxygen atoms in total. The topological polar surface area (TPSA) is 56.7 Å². The van der Waals surface area contributed by atoms with Gasteiger partial charge in [-0.25, -0.2) is 4.68 Å². The van der Waals surface area contributed by atoms with Crippen LogP contribution in [0.4, 0.5) is 0 Å². The fourth-order valence-electron chi connectivity index (χ4n) is 2.59. The van der Waals surface area contributed by atoms with Gasteiger partial charge in [0.1, 0.15) is 0 Å². The zero-order valence-electron chi connectivity index (χ0n) is 10.1. The van der Waals surface area contributed by atoms with Gasteiger partial charge in [0.15, 0.2) is 4.60 Å². The monoisotopic (exact) mass is 306 g/mol. The molecule has 2 aromatic rings. The second kappa shape index (κ2) is 4.48. The van der Waals surface area contributed by atoms with Crippen LogP contribution in [0.5, 0.6) is 0 Å². The van der Waals surface area contributed by atoms with Gasteiger partial charge in [-0.05, 0) is 39.8 Å². The van der Waals surface area contributed by atoms with Crippen LogP contribution in [-0.2, 0) is 7.05 Å².